The highest BCUT2D eigenvalue weighted by atomic mass is 19.3. The molecule has 0 saturated carbocycles. The van der Waals surface area contributed by atoms with E-state index in [0.29, 0.717) is 16.8 Å². The number of anilines is 1. The van der Waals surface area contributed by atoms with Crippen molar-refractivity contribution in [1.29, 1.82) is 0 Å². The first-order chi connectivity index (χ1) is 16.1. The summed E-state index contributed by atoms with van der Waals surface area (Å²) in [7, 11) is 0. The summed E-state index contributed by atoms with van der Waals surface area (Å²) in [5.41, 5.74) is 1.47. The van der Waals surface area contributed by atoms with Crippen LogP contribution in [0.2, 0.25) is 0 Å². The van der Waals surface area contributed by atoms with Crippen LogP contribution < -0.4 is 5.32 Å². The highest BCUT2D eigenvalue weighted by Gasteiger charge is 2.22. The largest absolute Gasteiger partial charge is 0.389 e. The number of alkyl halides is 2. The number of aliphatic hydroxyl groups is 1. The van der Waals surface area contributed by atoms with Crippen molar-refractivity contribution in [3.8, 4) is 22.5 Å². The van der Waals surface area contributed by atoms with E-state index in [-0.39, 0.29) is 34.0 Å². The van der Waals surface area contributed by atoms with Crippen molar-refractivity contribution in [2.45, 2.75) is 26.3 Å². The minimum Gasteiger partial charge on any atom is -0.389 e. The summed E-state index contributed by atoms with van der Waals surface area (Å²) in [6.07, 6.45) is -1.84. The molecule has 0 aliphatic rings. The van der Waals surface area contributed by atoms with Gasteiger partial charge in [0.25, 0.3) is 6.43 Å². The predicted molar refractivity (Wildman–Crippen MR) is 112 cm³/mol. The number of aromatic nitrogens is 4. The third-order valence-corrected chi connectivity index (χ3v) is 4.62. The van der Waals surface area contributed by atoms with E-state index in [1.54, 1.807) is 12.1 Å². The second kappa shape index (κ2) is 8.19. The molecule has 31 heavy (non-hydrogen) atoms. The first kappa shape index (κ1) is 17.0. The van der Waals surface area contributed by atoms with Gasteiger partial charge < -0.3 is 15.4 Å². The minimum absolute atomic E-state index is 0.0682. The van der Waals surface area contributed by atoms with Crippen molar-refractivity contribution in [3.05, 3.63) is 60.0 Å². The summed E-state index contributed by atoms with van der Waals surface area (Å²) >= 11 is 0. The Morgan fingerprint density at radius 1 is 1.23 bits per heavy atom. The number of fused-ring (bicyclic) bond motifs is 1. The third kappa shape index (κ3) is 3.99. The maximum Gasteiger partial charge on any atom is 0.280 e. The van der Waals surface area contributed by atoms with Crippen LogP contribution in [0.5, 0.6) is 0 Å². The molecule has 3 N–H and O–H groups in total. The van der Waals surface area contributed by atoms with Crippen LogP contribution in [0.4, 0.5) is 14.6 Å². The molecule has 4 aromatic heterocycles. The average Bonchev–Trinajstić information content (AvgIpc) is 3.17. The van der Waals surface area contributed by atoms with Gasteiger partial charge in [0.05, 0.1) is 34.1 Å². The van der Waals surface area contributed by atoms with Crippen LogP contribution in [0.3, 0.4) is 0 Å². The number of rotatable bonds is 5. The van der Waals surface area contributed by atoms with Gasteiger partial charge in [-0.15, -0.1) is 0 Å². The number of H-pyrrole nitrogens is 1. The zero-order valence-corrected chi connectivity index (χ0v) is 16.2. The number of nitrogens with one attached hydrogen (secondary N) is 2. The van der Waals surface area contributed by atoms with Gasteiger partial charge in [-0.25, -0.2) is 18.7 Å². The molecule has 0 spiro atoms. The maximum absolute atomic E-state index is 13.4. The fraction of sp³-hybridized carbons (Fsp3) is 0.182. The summed E-state index contributed by atoms with van der Waals surface area (Å²) < 4.78 is 49.6. The summed E-state index contributed by atoms with van der Waals surface area (Å²) in [4.78, 5) is 27.1. The molecule has 4 heterocycles. The van der Waals surface area contributed by atoms with Crippen molar-refractivity contribution in [2.75, 3.05) is 5.32 Å². The molecule has 0 fully saturated rings. The van der Waals surface area contributed by atoms with Gasteiger partial charge in [-0.05, 0) is 37.2 Å². The number of nitrogens with zero attached hydrogens (tertiary/aromatic N) is 3. The lowest BCUT2D eigenvalue weighted by molar-refractivity contribution is -0.114. The molecule has 158 valence electrons. The number of halogens is 2. The van der Waals surface area contributed by atoms with Crippen molar-refractivity contribution in [3.63, 3.8) is 0 Å². The molecular formula is C22H19F2N5O2. The summed E-state index contributed by atoms with van der Waals surface area (Å²) in [5, 5.41) is 13.0. The van der Waals surface area contributed by atoms with Crippen LogP contribution >= 0.6 is 0 Å². The Kier molecular flexibility index (Phi) is 4.50. The molecule has 0 aliphatic carbocycles. The van der Waals surface area contributed by atoms with E-state index in [4.69, 9.17) is 4.11 Å². The first-order valence-electron chi connectivity index (χ1n) is 10.7. The smallest absolute Gasteiger partial charge is 0.280 e. The van der Waals surface area contributed by atoms with Crippen molar-refractivity contribution >= 4 is 22.8 Å². The topological polar surface area (TPSA) is 104 Å². The van der Waals surface area contributed by atoms with Gasteiger partial charge in [0, 0.05) is 34.6 Å². The van der Waals surface area contributed by atoms with Crippen molar-refractivity contribution in [1.82, 2.24) is 19.9 Å². The van der Waals surface area contributed by atoms with E-state index in [0.717, 1.165) is 0 Å². The summed E-state index contributed by atoms with van der Waals surface area (Å²) in [6, 6.07) is 8.72. The molecule has 0 aromatic carbocycles. The number of hydrogen-bond acceptors (Lipinski definition) is 5. The number of aromatic amines is 1. The van der Waals surface area contributed by atoms with Crippen LogP contribution in [0.1, 0.15) is 41.7 Å². The molecule has 0 saturated heterocycles. The monoisotopic (exact) mass is 426 g/mol. The third-order valence-electron chi connectivity index (χ3n) is 4.62. The fourth-order valence-corrected chi connectivity index (χ4v) is 3.34. The number of hydrogen-bond donors (Lipinski definition) is 3. The number of carbonyl (C=O) groups is 1. The van der Waals surface area contributed by atoms with E-state index in [9.17, 15) is 18.7 Å². The molecule has 4 aromatic rings. The van der Waals surface area contributed by atoms with E-state index in [2.05, 4.69) is 25.3 Å². The summed E-state index contributed by atoms with van der Waals surface area (Å²) in [6.45, 7) is -1.38. The Hall–Kier alpha value is -3.72. The van der Waals surface area contributed by atoms with Gasteiger partial charge in [0.1, 0.15) is 11.5 Å². The molecule has 0 aliphatic heterocycles. The molecule has 0 bridgehead atoms. The van der Waals surface area contributed by atoms with Crippen LogP contribution in [0.25, 0.3) is 33.5 Å². The number of carbonyl (C=O) groups excluding carboxylic acids is 1. The summed E-state index contributed by atoms with van der Waals surface area (Å²) in [5.74, 6) is -0.0859. The number of pyridine rings is 3. The van der Waals surface area contributed by atoms with E-state index >= 15 is 0 Å². The van der Waals surface area contributed by atoms with E-state index in [1.165, 1.54) is 43.6 Å². The second-order valence-electron chi connectivity index (χ2n) is 6.76. The number of amides is 1. The molecule has 1 unspecified atom stereocenters. The Morgan fingerprint density at radius 3 is 2.77 bits per heavy atom. The Bertz CT molecular complexity index is 1370. The van der Waals surface area contributed by atoms with Gasteiger partial charge in [-0.2, -0.15) is 0 Å². The number of aliphatic hydroxyl groups excluding tert-OH is 1. The zero-order chi connectivity index (χ0) is 24.6. The lowest BCUT2D eigenvalue weighted by Gasteiger charge is -2.08. The average molecular weight is 426 g/mol. The van der Waals surface area contributed by atoms with E-state index < -0.39 is 25.1 Å². The molecule has 1 amide bonds. The van der Waals surface area contributed by atoms with Gasteiger partial charge in [-0.3, -0.25) is 9.78 Å². The lowest BCUT2D eigenvalue weighted by Crippen LogP contribution is -2.07. The Balaban J connectivity index is 2.02. The SMILES string of the molecule is [2H]C([2H])([2H])C(O)c1ccnc2c(-c3cccc(C(F)F)n3)c(-c3ccnc(NC(C)=O)c3)[nH]c12. The normalized spacial score (nSPS) is 14.2. The molecule has 7 nitrogen and oxygen atoms in total. The predicted octanol–water partition coefficient (Wildman–Crippen LogP) is 4.64. The molecule has 9 heteroatoms. The van der Waals surface area contributed by atoms with Gasteiger partial charge in [-0.1, -0.05) is 6.07 Å². The van der Waals surface area contributed by atoms with Crippen LogP contribution in [-0.4, -0.2) is 30.9 Å². The highest BCUT2D eigenvalue weighted by Crippen LogP contribution is 2.39. The van der Waals surface area contributed by atoms with E-state index in [1.807, 2.05) is 0 Å². The molecule has 0 radical (unpaired) electrons. The van der Waals surface area contributed by atoms with Gasteiger partial charge in [0.2, 0.25) is 5.91 Å². The van der Waals surface area contributed by atoms with Crippen LogP contribution in [-0.2, 0) is 4.79 Å². The molecular weight excluding hydrogens is 404 g/mol. The Morgan fingerprint density at radius 2 is 2.03 bits per heavy atom. The lowest BCUT2D eigenvalue weighted by atomic mass is 10.0. The minimum atomic E-state index is -2.80. The molecule has 4 rings (SSSR count). The Labute approximate surface area is 180 Å². The second-order valence-corrected chi connectivity index (χ2v) is 6.76. The van der Waals surface area contributed by atoms with Crippen LogP contribution in [0, 0.1) is 0 Å². The molecule has 1 atom stereocenters. The van der Waals surface area contributed by atoms with Crippen molar-refractivity contribution < 1.29 is 22.8 Å². The quantitative estimate of drug-likeness (QED) is 0.431. The van der Waals surface area contributed by atoms with Crippen molar-refractivity contribution in [2.24, 2.45) is 0 Å². The van der Waals surface area contributed by atoms with Gasteiger partial charge >= 0.3 is 0 Å². The zero-order valence-electron chi connectivity index (χ0n) is 19.2. The first-order valence-corrected chi connectivity index (χ1v) is 9.24. The standard InChI is InChI=1S/C22H19F2N5O2/c1-11(30)14-7-9-26-21-18(15-4-3-5-16(28-15)22(23)24)19(29-20(14)21)13-6-8-25-17(10-13)27-12(2)31/h3-11,22,29-30H,1-2H3,(H,25,27,31)/i1D3. The fourth-order valence-electron chi connectivity index (χ4n) is 3.34. The maximum atomic E-state index is 13.4. The van der Waals surface area contributed by atoms with Gasteiger partial charge in [0.15, 0.2) is 0 Å². The highest BCUT2D eigenvalue weighted by molar-refractivity contribution is 6.02. The van der Waals surface area contributed by atoms with Crippen LogP contribution in [0.15, 0.2) is 48.8 Å².